The zero-order valence-corrected chi connectivity index (χ0v) is 12.5. The van der Waals surface area contributed by atoms with Crippen LogP contribution in [0.4, 0.5) is 0 Å². The summed E-state index contributed by atoms with van der Waals surface area (Å²) in [6.45, 7) is 1.91. The lowest BCUT2D eigenvalue weighted by atomic mass is 10.1. The molecule has 20 heavy (non-hydrogen) atoms. The van der Waals surface area contributed by atoms with Gasteiger partial charge in [0.2, 0.25) is 0 Å². The average Bonchev–Trinajstić information content (AvgIpc) is 2.53. The van der Waals surface area contributed by atoms with Crippen molar-refractivity contribution in [3.05, 3.63) is 60.2 Å². The van der Waals surface area contributed by atoms with Crippen molar-refractivity contribution in [1.82, 2.24) is 0 Å². The minimum absolute atomic E-state index is 0.161. The number of hydrogen-bond acceptors (Lipinski definition) is 3. The fraction of sp³-hybridized carbons (Fsp3) is 0.250. The van der Waals surface area contributed by atoms with Crippen LogP contribution in [-0.2, 0) is 10.8 Å². The maximum absolute atomic E-state index is 12.5. The summed E-state index contributed by atoms with van der Waals surface area (Å²) in [7, 11) is 0.505. The Kier molecular flexibility index (Phi) is 4.93. The lowest BCUT2D eigenvalue weighted by Gasteiger charge is -2.20. The van der Waals surface area contributed by atoms with Gasteiger partial charge in [-0.25, -0.2) is 0 Å². The van der Waals surface area contributed by atoms with Gasteiger partial charge in [0.05, 0.1) is 23.2 Å². The number of ether oxygens (including phenoxy) is 1. The summed E-state index contributed by atoms with van der Waals surface area (Å²) in [6, 6.07) is 16.7. The third-order valence-corrected chi connectivity index (χ3v) is 5.02. The molecule has 2 aromatic rings. The maximum Gasteiger partial charge on any atom is 0.118 e. The van der Waals surface area contributed by atoms with Crippen LogP contribution in [0.3, 0.4) is 0 Å². The molecule has 2 rings (SSSR count). The molecule has 0 aromatic heterocycles. The minimum atomic E-state index is -1.12. The lowest BCUT2D eigenvalue weighted by Crippen LogP contribution is -2.27. The highest BCUT2D eigenvalue weighted by molar-refractivity contribution is 7.85. The van der Waals surface area contributed by atoms with E-state index in [1.54, 1.807) is 7.11 Å². The Morgan fingerprint density at radius 2 is 1.65 bits per heavy atom. The lowest BCUT2D eigenvalue weighted by molar-refractivity contribution is 0.414. The fourth-order valence-electron chi connectivity index (χ4n) is 2.00. The number of hydrogen-bond donors (Lipinski definition) is 1. The van der Waals surface area contributed by atoms with Gasteiger partial charge in [0.1, 0.15) is 5.75 Å². The quantitative estimate of drug-likeness (QED) is 0.921. The molecule has 0 fully saturated rings. The first-order valence-electron chi connectivity index (χ1n) is 6.48. The Bertz CT molecular complexity index is 569. The highest BCUT2D eigenvalue weighted by Crippen LogP contribution is 2.23. The minimum Gasteiger partial charge on any atom is -0.497 e. The van der Waals surface area contributed by atoms with Crippen molar-refractivity contribution in [2.45, 2.75) is 23.1 Å². The summed E-state index contributed by atoms with van der Waals surface area (Å²) in [5.41, 5.74) is 7.20. The third-order valence-electron chi connectivity index (χ3n) is 3.32. The molecule has 0 spiro atoms. The van der Waals surface area contributed by atoms with Crippen LogP contribution in [0.25, 0.3) is 0 Å². The first-order chi connectivity index (χ1) is 9.63. The van der Waals surface area contributed by atoms with Gasteiger partial charge < -0.3 is 10.5 Å². The van der Waals surface area contributed by atoms with Crippen molar-refractivity contribution < 1.29 is 8.95 Å². The molecule has 0 amide bonds. The zero-order chi connectivity index (χ0) is 14.5. The summed E-state index contributed by atoms with van der Waals surface area (Å²) in [5, 5.41) is -0.161. The van der Waals surface area contributed by atoms with Crippen LogP contribution in [0.15, 0.2) is 59.5 Å². The molecule has 2 aromatic carbocycles. The molecule has 4 heteroatoms. The standard InChI is InChI=1S/C16H19NO2S/c1-12(20(18)15-6-4-3-5-7-15)16(17)13-8-10-14(19-2)11-9-13/h3-12,16H,17H2,1-2H3. The second-order valence-electron chi connectivity index (χ2n) is 4.61. The second-order valence-corrected chi connectivity index (χ2v) is 6.42. The average molecular weight is 289 g/mol. The maximum atomic E-state index is 12.5. The van der Waals surface area contributed by atoms with Crippen molar-refractivity contribution >= 4 is 10.8 Å². The molecule has 0 radical (unpaired) electrons. The van der Waals surface area contributed by atoms with Gasteiger partial charge >= 0.3 is 0 Å². The van der Waals surface area contributed by atoms with E-state index in [1.807, 2.05) is 61.5 Å². The smallest absolute Gasteiger partial charge is 0.118 e. The van der Waals surface area contributed by atoms with Crippen molar-refractivity contribution in [2.75, 3.05) is 7.11 Å². The van der Waals surface area contributed by atoms with E-state index in [4.69, 9.17) is 10.5 Å². The van der Waals surface area contributed by atoms with Crippen molar-refractivity contribution in [2.24, 2.45) is 5.73 Å². The Morgan fingerprint density at radius 3 is 2.20 bits per heavy atom. The van der Waals surface area contributed by atoms with Crippen LogP contribution in [0.5, 0.6) is 5.75 Å². The van der Waals surface area contributed by atoms with E-state index in [2.05, 4.69) is 0 Å². The number of benzene rings is 2. The van der Waals surface area contributed by atoms with E-state index < -0.39 is 10.8 Å². The van der Waals surface area contributed by atoms with Gasteiger partial charge in [-0.15, -0.1) is 0 Å². The molecule has 0 aliphatic carbocycles. The van der Waals surface area contributed by atoms with E-state index in [0.717, 1.165) is 16.2 Å². The Morgan fingerprint density at radius 1 is 1.05 bits per heavy atom. The summed E-state index contributed by atoms with van der Waals surface area (Å²) >= 11 is 0. The molecule has 3 nitrogen and oxygen atoms in total. The molecule has 0 aliphatic heterocycles. The van der Waals surface area contributed by atoms with Gasteiger partial charge in [0, 0.05) is 10.9 Å². The number of nitrogens with two attached hydrogens (primary N) is 1. The molecule has 0 heterocycles. The second kappa shape index (κ2) is 6.68. The van der Waals surface area contributed by atoms with E-state index in [9.17, 15) is 4.21 Å². The van der Waals surface area contributed by atoms with Crippen molar-refractivity contribution in [1.29, 1.82) is 0 Å². The largest absolute Gasteiger partial charge is 0.497 e. The summed E-state index contributed by atoms with van der Waals surface area (Å²) < 4.78 is 17.6. The number of methoxy groups -OCH3 is 1. The Labute approximate surface area is 122 Å². The summed E-state index contributed by atoms with van der Waals surface area (Å²) in [6.07, 6.45) is 0. The van der Waals surface area contributed by atoms with Crippen molar-refractivity contribution in [3.8, 4) is 5.75 Å². The Balaban J connectivity index is 2.15. The number of rotatable bonds is 5. The molecule has 0 saturated carbocycles. The molecule has 3 unspecified atom stereocenters. The van der Waals surface area contributed by atoms with E-state index in [-0.39, 0.29) is 11.3 Å². The fourth-order valence-corrected chi connectivity index (χ4v) is 3.28. The van der Waals surface area contributed by atoms with Crippen LogP contribution in [-0.4, -0.2) is 16.6 Å². The van der Waals surface area contributed by atoms with Gasteiger partial charge in [-0.05, 0) is 36.8 Å². The van der Waals surface area contributed by atoms with Gasteiger partial charge in [0.25, 0.3) is 0 Å². The van der Waals surface area contributed by atoms with Crippen molar-refractivity contribution in [3.63, 3.8) is 0 Å². The van der Waals surface area contributed by atoms with Crippen LogP contribution in [0.1, 0.15) is 18.5 Å². The van der Waals surface area contributed by atoms with E-state index in [0.29, 0.717) is 0 Å². The zero-order valence-electron chi connectivity index (χ0n) is 11.7. The van der Waals surface area contributed by atoms with Gasteiger partial charge in [-0.3, -0.25) is 4.21 Å². The molecule has 2 N–H and O–H groups in total. The summed E-state index contributed by atoms with van der Waals surface area (Å²) in [5.74, 6) is 0.790. The normalized spacial score (nSPS) is 15.3. The predicted octanol–water partition coefficient (Wildman–Crippen LogP) is 2.89. The highest BCUT2D eigenvalue weighted by Gasteiger charge is 2.22. The van der Waals surface area contributed by atoms with Gasteiger partial charge in [-0.1, -0.05) is 30.3 Å². The molecule has 3 atom stereocenters. The predicted molar refractivity (Wildman–Crippen MR) is 82.2 cm³/mol. The third kappa shape index (κ3) is 3.26. The van der Waals surface area contributed by atoms with Gasteiger partial charge in [-0.2, -0.15) is 0 Å². The Hall–Kier alpha value is -1.65. The van der Waals surface area contributed by atoms with E-state index >= 15 is 0 Å². The first-order valence-corrected chi connectivity index (χ1v) is 7.70. The molecule has 0 aliphatic rings. The molecule has 0 saturated heterocycles. The molecular formula is C16H19NO2S. The van der Waals surface area contributed by atoms with Gasteiger partial charge in [0.15, 0.2) is 0 Å². The SMILES string of the molecule is COc1ccc(C(N)C(C)S(=O)c2ccccc2)cc1. The molecule has 106 valence electrons. The summed E-state index contributed by atoms with van der Waals surface area (Å²) in [4.78, 5) is 0.809. The molecular weight excluding hydrogens is 270 g/mol. The monoisotopic (exact) mass is 289 g/mol. The highest BCUT2D eigenvalue weighted by atomic mass is 32.2. The first kappa shape index (κ1) is 14.8. The molecule has 0 bridgehead atoms. The van der Waals surface area contributed by atoms with Crippen LogP contribution in [0, 0.1) is 0 Å². The topological polar surface area (TPSA) is 52.3 Å². The van der Waals surface area contributed by atoms with Crippen LogP contribution < -0.4 is 10.5 Å². The van der Waals surface area contributed by atoms with Crippen LogP contribution >= 0.6 is 0 Å². The van der Waals surface area contributed by atoms with E-state index in [1.165, 1.54) is 0 Å². The van der Waals surface area contributed by atoms with Crippen LogP contribution in [0.2, 0.25) is 0 Å².